The zero-order chi connectivity index (χ0) is 22.7. The van der Waals surface area contributed by atoms with Crippen LogP contribution in [0.15, 0.2) is 71.7 Å². The fourth-order valence-electron chi connectivity index (χ4n) is 3.20. The minimum Gasteiger partial charge on any atom is -0.322 e. The zero-order valence-corrected chi connectivity index (χ0v) is 17.4. The predicted molar refractivity (Wildman–Crippen MR) is 120 cm³/mol. The summed E-state index contributed by atoms with van der Waals surface area (Å²) in [4.78, 5) is 36.6. The van der Waals surface area contributed by atoms with Crippen molar-refractivity contribution < 1.29 is 9.59 Å². The molecule has 2 amide bonds. The summed E-state index contributed by atoms with van der Waals surface area (Å²) in [6.45, 7) is 3.55. The number of H-pyrrole nitrogens is 1. The summed E-state index contributed by atoms with van der Waals surface area (Å²) < 4.78 is 1.47. The van der Waals surface area contributed by atoms with Gasteiger partial charge in [0.25, 0.3) is 17.4 Å². The summed E-state index contributed by atoms with van der Waals surface area (Å²) in [6, 6.07) is 17.0. The Labute approximate surface area is 183 Å². The molecule has 0 atom stereocenters. The van der Waals surface area contributed by atoms with Crippen LogP contribution in [0.5, 0.6) is 0 Å². The molecule has 0 aliphatic heterocycles. The highest BCUT2D eigenvalue weighted by Crippen LogP contribution is 2.25. The summed E-state index contributed by atoms with van der Waals surface area (Å²) in [5.74, 6) is -0.196. The van der Waals surface area contributed by atoms with Crippen molar-refractivity contribution in [2.75, 3.05) is 10.6 Å². The number of carbonyl (C=O) groups is 2. The fourth-order valence-corrected chi connectivity index (χ4v) is 3.20. The van der Waals surface area contributed by atoms with E-state index in [-0.39, 0.29) is 17.4 Å². The van der Waals surface area contributed by atoms with E-state index in [4.69, 9.17) is 0 Å². The number of hydrogen-bond acceptors (Lipinski definition) is 5. The molecule has 2 aromatic carbocycles. The minimum absolute atomic E-state index is 0.234. The average Bonchev–Trinajstić information content (AvgIpc) is 3.19. The first-order valence-corrected chi connectivity index (χ1v) is 9.82. The van der Waals surface area contributed by atoms with Gasteiger partial charge >= 0.3 is 0 Å². The van der Waals surface area contributed by atoms with E-state index in [2.05, 4.69) is 25.9 Å². The molecule has 3 N–H and O–H groups in total. The topological polar surface area (TPSA) is 122 Å². The number of amides is 2. The van der Waals surface area contributed by atoms with Gasteiger partial charge in [-0.05, 0) is 49.7 Å². The van der Waals surface area contributed by atoms with Gasteiger partial charge in [0, 0.05) is 23.0 Å². The SMILES string of the molecule is Cc1c(NC(=O)c2ccccc2)cccc1NC(=O)c1cnn(-c2ccc(=O)[nH]n2)c1C. The number of carbonyl (C=O) groups excluding carboxylic acids is 2. The Hall–Kier alpha value is -4.53. The molecule has 0 spiro atoms. The molecule has 0 aliphatic carbocycles. The summed E-state index contributed by atoms with van der Waals surface area (Å²) in [7, 11) is 0. The maximum atomic E-state index is 12.9. The van der Waals surface area contributed by atoms with Crippen molar-refractivity contribution in [2.24, 2.45) is 0 Å². The Bertz CT molecular complexity index is 1340. The Morgan fingerprint density at radius 1 is 0.875 bits per heavy atom. The first-order chi connectivity index (χ1) is 15.4. The summed E-state index contributed by atoms with van der Waals surface area (Å²) in [5.41, 5.74) is 3.02. The van der Waals surface area contributed by atoms with Crippen LogP contribution in [0.4, 0.5) is 11.4 Å². The lowest BCUT2D eigenvalue weighted by Gasteiger charge is -2.13. The van der Waals surface area contributed by atoms with Gasteiger partial charge in [0.15, 0.2) is 5.82 Å². The summed E-state index contributed by atoms with van der Waals surface area (Å²) in [6.07, 6.45) is 1.44. The molecule has 4 aromatic rings. The average molecular weight is 428 g/mol. The molecule has 0 bridgehead atoms. The van der Waals surface area contributed by atoms with Gasteiger partial charge < -0.3 is 10.6 Å². The molecule has 2 heterocycles. The third-order valence-electron chi connectivity index (χ3n) is 5.00. The molecule has 0 fully saturated rings. The van der Waals surface area contributed by atoms with Gasteiger partial charge in [0.05, 0.1) is 17.5 Å². The number of aromatic nitrogens is 4. The van der Waals surface area contributed by atoms with Crippen molar-refractivity contribution >= 4 is 23.2 Å². The number of anilines is 2. The quantitative estimate of drug-likeness (QED) is 0.451. The number of benzene rings is 2. The fraction of sp³-hybridized carbons (Fsp3) is 0.0870. The normalized spacial score (nSPS) is 10.6. The maximum absolute atomic E-state index is 12.9. The molecule has 0 saturated heterocycles. The van der Waals surface area contributed by atoms with Crippen LogP contribution in [0.25, 0.3) is 5.82 Å². The number of nitrogens with one attached hydrogen (secondary N) is 3. The smallest absolute Gasteiger partial charge is 0.264 e. The lowest BCUT2D eigenvalue weighted by atomic mass is 10.1. The lowest BCUT2D eigenvalue weighted by Crippen LogP contribution is -2.16. The first-order valence-electron chi connectivity index (χ1n) is 9.82. The Morgan fingerprint density at radius 3 is 2.22 bits per heavy atom. The van der Waals surface area contributed by atoms with E-state index < -0.39 is 0 Å². The molecular formula is C23H20N6O3. The van der Waals surface area contributed by atoms with Gasteiger partial charge in [0.1, 0.15) is 0 Å². The standard InChI is InChI=1S/C23H20N6O3/c1-14-18(25-22(31)16-7-4-3-5-8-16)9-6-10-19(14)26-23(32)17-13-24-29(15(17)2)20-11-12-21(30)28-27-20/h3-13H,1-2H3,(H,25,31)(H,26,32)(H,28,30). The van der Waals surface area contributed by atoms with Crippen LogP contribution >= 0.6 is 0 Å². The van der Waals surface area contributed by atoms with Gasteiger partial charge in [0.2, 0.25) is 0 Å². The second-order valence-electron chi connectivity index (χ2n) is 7.09. The number of rotatable bonds is 5. The number of nitrogens with zero attached hydrogens (tertiary/aromatic N) is 3. The van der Waals surface area contributed by atoms with Crippen LogP contribution in [0, 0.1) is 13.8 Å². The third-order valence-corrected chi connectivity index (χ3v) is 5.00. The van der Waals surface area contributed by atoms with Crippen LogP contribution in [0.1, 0.15) is 32.0 Å². The molecule has 9 nitrogen and oxygen atoms in total. The largest absolute Gasteiger partial charge is 0.322 e. The van der Waals surface area contributed by atoms with Crippen LogP contribution < -0.4 is 16.2 Å². The van der Waals surface area contributed by atoms with E-state index >= 15 is 0 Å². The van der Waals surface area contributed by atoms with E-state index in [0.29, 0.717) is 34.0 Å². The van der Waals surface area contributed by atoms with Crippen molar-refractivity contribution in [1.29, 1.82) is 0 Å². The van der Waals surface area contributed by atoms with Crippen LogP contribution in [0.3, 0.4) is 0 Å². The predicted octanol–water partition coefficient (Wildman–Crippen LogP) is 3.08. The second-order valence-corrected chi connectivity index (χ2v) is 7.09. The van der Waals surface area contributed by atoms with Crippen LogP contribution in [-0.2, 0) is 0 Å². The Morgan fingerprint density at radius 2 is 1.56 bits per heavy atom. The van der Waals surface area contributed by atoms with E-state index in [0.717, 1.165) is 5.56 Å². The van der Waals surface area contributed by atoms with Crippen LogP contribution in [-0.4, -0.2) is 31.8 Å². The first kappa shape index (κ1) is 20.7. The maximum Gasteiger partial charge on any atom is 0.264 e. The van der Waals surface area contributed by atoms with Gasteiger partial charge in [-0.3, -0.25) is 14.4 Å². The molecule has 0 aliphatic rings. The molecule has 2 aromatic heterocycles. The highest BCUT2D eigenvalue weighted by atomic mass is 16.2. The summed E-state index contributed by atoms with van der Waals surface area (Å²) in [5, 5.41) is 16.2. The van der Waals surface area contributed by atoms with Gasteiger partial charge in [-0.2, -0.15) is 10.2 Å². The molecule has 32 heavy (non-hydrogen) atoms. The number of aromatic amines is 1. The molecule has 0 unspecified atom stereocenters. The molecule has 0 saturated carbocycles. The van der Waals surface area contributed by atoms with Crippen molar-refractivity contribution in [3.8, 4) is 5.82 Å². The Balaban J connectivity index is 1.54. The van der Waals surface area contributed by atoms with Crippen molar-refractivity contribution in [3.63, 3.8) is 0 Å². The zero-order valence-electron chi connectivity index (χ0n) is 17.4. The van der Waals surface area contributed by atoms with Gasteiger partial charge in [-0.25, -0.2) is 9.78 Å². The summed E-state index contributed by atoms with van der Waals surface area (Å²) >= 11 is 0. The molecule has 160 valence electrons. The third kappa shape index (κ3) is 4.17. The van der Waals surface area contributed by atoms with Gasteiger partial charge in [-0.15, -0.1) is 0 Å². The van der Waals surface area contributed by atoms with Gasteiger partial charge in [-0.1, -0.05) is 24.3 Å². The second kappa shape index (κ2) is 8.68. The monoisotopic (exact) mass is 428 g/mol. The van der Waals surface area contributed by atoms with Crippen molar-refractivity contribution in [2.45, 2.75) is 13.8 Å². The van der Waals surface area contributed by atoms with E-state index in [1.165, 1.54) is 23.0 Å². The van der Waals surface area contributed by atoms with E-state index in [1.54, 1.807) is 49.4 Å². The lowest BCUT2D eigenvalue weighted by molar-refractivity contribution is 0.101. The van der Waals surface area contributed by atoms with Crippen LogP contribution in [0.2, 0.25) is 0 Å². The van der Waals surface area contributed by atoms with E-state index in [9.17, 15) is 14.4 Å². The minimum atomic E-state index is -0.354. The molecule has 0 radical (unpaired) electrons. The molecule has 4 rings (SSSR count). The molecule has 9 heteroatoms. The van der Waals surface area contributed by atoms with Crippen molar-refractivity contribution in [1.82, 2.24) is 20.0 Å². The Kier molecular flexibility index (Phi) is 5.63. The highest BCUT2D eigenvalue weighted by Gasteiger charge is 2.18. The molecular weight excluding hydrogens is 408 g/mol. The number of hydrogen-bond donors (Lipinski definition) is 3. The van der Waals surface area contributed by atoms with Crippen molar-refractivity contribution in [3.05, 3.63) is 99.6 Å². The highest BCUT2D eigenvalue weighted by molar-refractivity contribution is 6.07. The van der Waals surface area contributed by atoms with E-state index in [1.807, 2.05) is 13.0 Å².